The van der Waals surface area contributed by atoms with E-state index in [0.717, 1.165) is 4.90 Å². The lowest BCUT2D eigenvalue weighted by molar-refractivity contribution is -0.144. The minimum absolute atomic E-state index is 0.168. The Morgan fingerprint density at radius 3 is 2.15 bits per heavy atom. The summed E-state index contributed by atoms with van der Waals surface area (Å²) in [5, 5.41) is 35.2. The van der Waals surface area contributed by atoms with Crippen molar-refractivity contribution in [2.45, 2.75) is 44.0 Å². The van der Waals surface area contributed by atoms with E-state index >= 15 is 0 Å². The van der Waals surface area contributed by atoms with Gasteiger partial charge in [0, 0.05) is 13.6 Å². The minimum Gasteiger partial charge on any atom is -0.480 e. The predicted octanol–water partition coefficient (Wildman–Crippen LogP) is -0.198. The van der Waals surface area contributed by atoms with Crippen LogP contribution in [-0.2, 0) is 4.79 Å². The summed E-state index contributed by atoms with van der Waals surface area (Å²) >= 11 is 0. The van der Waals surface area contributed by atoms with Crippen molar-refractivity contribution < 1.29 is 29.9 Å². The second-order valence-corrected chi connectivity index (χ2v) is 5.00. The van der Waals surface area contributed by atoms with Gasteiger partial charge in [0.2, 0.25) is 0 Å². The van der Waals surface area contributed by atoms with Crippen LogP contribution in [0.25, 0.3) is 0 Å². The molecule has 8 nitrogen and oxygen atoms in total. The molecule has 0 fully saturated rings. The number of aliphatic carboxylic acids is 1. The van der Waals surface area contributed by atoms with Crippen LogP contribution in [-0.4, -0.2) is 63.5 Å². The molecule has 1 amide bonds. The maximum atomic E-state index is 11.2. The van der Waals surface area contributed by atoms with Crippen LogP contribution in [0.3, 0.4) is 0 Å². The van der Waals surface area contributed by atoms with Gasteiger partial charge in [0.15, 0.2) is 0 Å². The first-order valence-corrected chi connectivity index (χ1v) is 6.51. The number of unbranched alkanes of at least 4 members (excludes halogenated alkanes) is 1. The Morgan fingerprint density at radius 2 is 1.70 bits per heavy atom. The highest BCUT2D eigenvalue weighted by molar-refractivity contribution is 6.40. The summed E-state index contributed by atoms with van der Waals surface area (Å²) in [6, 6.07) is 0. The third-order valence-electron chi connectivity index (χ3n) is 3.20. The summed E-state index contributed by atoms with van der Waals surface area (Å²) in [7, 11) is 0.0143. The third kappa shape index (κ3) is 7.32. The summed E-state index contributed by atoms with van der Waals surface area (Å²) in [6.07, 6.45) is 0.785. The third-order valence-corrected chi connectivity index (χ3v) is 3.20. The minimum atomic E-state index is -1.40. The Bertz CT molecular complexity index is 328. The number of amides is 1. The molecule has 0 heterocycles. The number of nitrogens with zero attached hydrogens (tertiary/aromatic N) is 1. The van der Waals surface area contributed by atoms with Gasteiger partial charge in [0.25, 0.3) is 0 Å². The molecule has 0 aliphatic heterocycles. The van der Waals surface area contributed by atoms with E-state index < -0.39 is 24.7 Å². The zero-order chi connectivity index (χ0) is 15.8. The van der Waals surface area contributed by atoms with Crippen molar-refractivity contribution in [2.24, 2.45) is 5.73 Å². The van der Waals surface area contributed by atoms with Crippen LogP contribution >= 0.6 is 0 Å². The summed E-state index contributed by atoms with van der Waals surface area (Å²) in [6.45, 7) is 0.219. The molecule has 0 aromatic heterocycles. The van der Waals surface area contributed by atoms with Gasteiger partial charge in [-0.3, -0.25) is 4.79 Å². The van der Waals surface area contributed by atoms with Gasteiger partial charge in [0.05, 0.1) is 0 Å². The summed E-state index contributed by atoms with van der Waals surface area (Å²) in [4.78, 5) is 22.9. The highest BCUT2D eigenvalue weighted by Gasteiger charge is 2.33. The maximum absolute atomic E-state index is 11.2. The Morgan fingerprint density at radius 1 is 1.15 bits per heavy atom. The SMILES string of the molecule is CN(CCCC(N)(CCCCB(O)O)C(=O)O)C(=O)O. The highest BCUT2D eigenvalue weighted by Crippen LogP contribution is 2.19. The van der Waals surface area contributed by atoms with Gasteiger partial charge in [-0.05, 0) is 25.6 Å². The molecule has 0 aliphatic carbocycles. The van der Waals surface area contributed by atoms with Gasteiger partial charge in [-0.2, -0.15) is 0 Å². The van der Waals surface area contributed by atoms with E-state index in [9.17, 15) is 9.59 Å². The molecule has 0 aromatic carbocycles. The lowest BCUT2D eigenvalue weighted by Gasteiger charge is -2.25. The van der Waals surface area contributed by atoms with Gasteiger partial charge in [0.1, 0.15) is 5.54 Å². The van der Waals surface area contributed by atoms with E-state index in [1.54, 1.807) is 0 Å². The van der Waals surface area contributed by atoms with Gasteiger partial charge in [-0.25, -0.2) is 4.79 Å². The normalized spacial score (nSPS) is 13.6. The van der Waals surface area contributed by atoms with Crippen LogP contribution in [0.4, 0.5) is 4.79 Å². The van der Waals surface area contributed by atoms with E-state index in [1.165, 1.54) is 7.05 Å². The molecule has 0 saturated heterocycles. The smallest absolute Gasteiger partial charge is 0.451 e. The number of hydrogen-bond acceptors (Lipinski definition) is 5. The topological polar surface area (TPSA) is 144 Å². The number of nitrogens with two attached hydrogens (primary N) is 1. The molecule has 0 bridgehead atoms. The van der Waals surface area contributed by atoms with Crippen molar-refractivity contribution in [2.75, 3.05) is 13.6 Å². The Hall–Kier alpha value is -1.32. The van der Waals surface area contributed by atoms with Crippen LogP contribution in [0.1, 0.15) is 32.1 Å². The largest absolute Gasteiger partial charge is 0.480 e. The standard InChI is InChI=1S/C11H23BN2O6/c1-14(10(17)18)8-4-6-11(13,9(15)16)5-2-3-7-12(19)20/h19-20H,2-8,13H2,1H3,(H,15,16)(H,17,18). The zero-order valence-electron chi connectivity index (χ0n) is 11.7. The van der Waals surface area contributed by atoms with Gasteiger partial charge < -0.3 is 30.9 Å². The number of carbonyl (C=O) groups is 2. The first kappa shape index (κ1) is 18.7. The molecule has 116 valence electrons. The van der Waals surface area contributed by atoms with Crippen LogP contribution in [0, 0.1) is 0 Å². The fourth-order valence-corrected chi connectivity index (χ4v) is 1.83. The molecule has 1 unspecified atom stereocenters. The summed E-state index contributed by atoms with van der Waals surface area (Å²) < 4.78 is 0. The van der Waals surface area contributed by atoms with Gasteiger partial charge in [-0.1, -0.05) is 12.8 Å². The lowest BCUT2D eigenvalue weighted by atomic mass is 9.81. The molecule has 0 spiro atoms. The fraction of sp³-hybridized carbons (Fsp3) is 0.818. The average Bonchev–Trinajstić information content (AvgIpc) is 2.34. The van der Waals surface area contributed by atoms with Crippen molar-refractivity contribution in [3.05, 3.63) is 0 Å². The van der Waals surface area contributed by atoms with Crippen LogP contribution < -0.4 is 5.73 Å². The Balaban J connectivity index is 4.18. The summed E-state index contributed by atoms with van der Waals surface area (Å²) in [5.41, 5.74) is 4.43. The fourth-order valence-electron chi connectivity index (χ4n) is 1.83. The van der Waals surface area contributed by atoms with Gasteiger partial charge in [-0.15, -0.1) is 0 Å². The molecule has 6 N–H and O–H groups in total. The van der Waals surface area contributed by atoms with Crippen molar-refractivity contribution in [1.82, 2.24) is 4.90 Å². The Labute approximate surface area is 118 Å². The summed E-state index contributed by atoms with van der Waals surface area (Å²) in [5.74, 6) is -1.12. The molecule has 9 heteroatoms. The number of hydrogen-bond donors (Lipinski definition) is 5. The van der Waals surface area contributed by atoms with Crippen LogP contribution in [0.2, 0.25) is 6.32 Å². The zero-order valence-corrected chi connectivity index (χ0v) is 11.7. The second-order valence-electron chi connectivity index (χ2n) is 5.00. The molecule has 0 aromatic rings. The number of rotatable bonds is 10. The maximum Gasteiger partial charge on any atom is 0.451 e. The second kappa shape index (κ2) is 8.78. The first-order valence-electron chi connectivity index (χ1n) is 6.51. The number of carboxylic acid groups (broad SMARTS) is 2. The molecule has 20 heavy (non-hydrogen) atoms. The lowest BCUT2D eigenvalue weighted by Crippen LogP contribution is -2.48. The van der Waals surface area contributed by atoms with E-state index in [2.05, 4.69) is 0 Å². The first-order chi connectivity index (χ1) is 9.19. The van der Waals surface area contributed by atoms with Gasteiger partial charge >= 0.3 is 19.2 Å². The molecule has 0 radical (unpaired) electrons. The van der Waals surface area contributed by atoms with E-state index in [1.807, 2.05) is 0 Å². The molecular formula is C11H23BN2O6. The van der Waals surface area contributed by atoms with Crippen molar-refractivity contribution in [3.8, 4) is 0 Å². The van der Waals surface area contributed by atoms with E-state index in [-0.39, 0.29) is 25.7 Å². The molecule has 1 atom stereocenters. The quantitative estimate of drug-likeness (QED) is 0.277. The van der Waals surface area contributed by atoms with Crippen molar-refractivity contribution >= 4 is 19.2 Å². The van der Waals surface area contributed by atoms with Crippen molar-refractivity contribution in [3.63, 3.8) is 0 Å². The van der Waals surface area contributed by atoms with Crippen molar-refractivity contribution in [1.29, 1.82) is 0 Å². The van der Waals surface area contributed by atoms with Crippen LogP contribution in [0.15, 0.2) is 0 Å². The van der Waals surface area contributed by atoms with E-state index in [0.29, 0.717) is 19.3 Å². The average molecular weight is 290 g/mol. The molecular weight excluding hydrogens is 267 g/mol. The van der Waals surface area contributed by atoms with E-state index in [4.69, 9.17) is 26.0 Å². The Kier molecular flexibility index (Phi) is 8.20. The predicted molar refractivity (Wildman–Crippen MR) is 73.3 cm³/mol. The van der Waals surface area contributed by atoms with Crippen LogP contribution in [0.5, 0.6) is 0 Å². The highest BCUT2D eigenvalue weighted by atomic mass is 16.4. The molecule has 0 rings (SSSR count). The molecule has 0 aliphatic rings. The molecule has 0 saturated carbocycles. The monoisotopic (exact) mass is 290 g/mol. The number of carboxylic acids is 1.